The van der Waals surface area contributed by atoms with Gasteiger partial charge in [0.1, 0.15) is 11.6 Å². The SMILES string of the molecule is NO[N]=[Pt].[Pt+2].[c-]1c(Nc2[c-]c3c(cc2)c2ccccc2n3-c2ccccn2)ccc2c3ccccc3n(-c3ccccn3)c12. The molecule has 4 aromatic carbocycles. The summed E-state index contributed by atoms with van der Waals surface area (Å²) in [6.07, 6.45) is 3.64. The van der Waals surface area contributed by atoms with Crippen LogP contribution < -0.4 is 11.2 Å². The molecule has 8 aromatic rings. The smallest absolute Gasteiger partial charge is 0.401 e. The van der Waals surface area contributed by atoms with E-state index >= 15 is 0 Å². The zero-order valence-corrected chi connectivity index (χ0v) is 27.4. The molecule has 0 fully saturated rings. The van der Waals surface area contributed by atoms with Crippen LogP contribution in [0.1, 0.15) is 0 Å². The van der Waals surface area contributed by atoms with Crippen LogP contribution in [0.2, 0.25) is 0 Å². The number of hydrogen-bond donors (Lipinski definition) is 2. The van der Waals surface area contributed by atoms with E-state index in [0.29, 0.717) is 0 Å². The van der Waals surface area contributed by atoms with Crippen molar-refractivity contribution < 1.29 is 45.6 Å². The largest absolute Gasteiger partial charge is 2.00 e. The van der Waals surface area contributed by atoms with E-state index in [9.17, 15) is 0 Å². The van der Waals surface area contributed by atoms with Crippen molar-refractivity contribution in [1.82, 2.24) is 19.1 Å². The molecule has 0 amide bonds. The summed E-state index contributed by atoms with van der Waals surface area (Å²) in [4.78, 5) is 12.9. The molecule has 0 bridgehead atoms. The zero-order valence-electron chi connectivity index (χ0n) is 22.9. The third-order valence-electron chi connectivity index (χ3n) is 7.23. The third-order valence-corrected chi connectivity index (χ3v) is 7.47. The Morgan fingerprint density at radius 1 is 0.614 bits per heavy atom. The summed E-state index contributed by atoms with van der Waals surface area (Å²) in [6.45, 7) is 0. The van der Waals surface area contributed by atoms with Crippen molar-refractivity contribution >= 4 is 55.0 Å². The molecule has 0 atom stereocenters. The summed E-state index contributed by atoms with van der Waals surface area (Å²) in [5.74, 6) is 6.09. The number of para-hydroxylation sites is 2. The van der Waals surface area contributed by atoms with E-state index in [4.69, 9.17) is 0 Å². The van der Waals surface area contributed by atoms with E-state index in [0.717, 1.165) is 55.8 Å². The Labute approximate surface area is 278 Å². The molecule has 4 aromatic heterocycles. The van der Waals surface area contributed by atoms with Gasteiger partial charge in [-0.1, -0.05) is 70.9 Å². The predicted molar refractivity (Wildman–Crippen MR) is 166 cm³/mol. The minimum absolute atomic E-state index is 0. The van der Waals surface area contributed by atoms with Gasteiger partial charge in [-0.05, 0) is 47.2 Å². The Balaban J connectivity index is 0.000000649. The van der Waals surface area contributed by atoms with Crippen LogP contribution in [0.3, 0.4) is 0 Å². The fraction of sp³-hybridized carbons (Fsp3) is 0. The molecule has 8 rings (SSSR count). The molecule has 220 valence electrons. The maximum atomic E-state index is 4.64. The number of pyridine rings is 2. The second-order valence-corrected chi connectivity index (χ2v) is 10.1. The number of nitrogens with zero attached hydrogens (tertiary/aromatic N) is 5. The van der Waals surface area contributed by atoms with Gasteiger partial charge in [0.25, 0.3) is 0 Å². The van der Waals surface area contributed by atoms with Gasteiger partial charge in [-0.2, -0.15) is 12.1 Å². The molecule has 3 N–H and O–H groups in total. The fourth-order valence-electron chi connectivity index (χ4n) is 5.52. The van der Waals surface area contributed by atoms with E-state index in [-0.39, 0.29) is 21.1 Å². The van der Waals surface area contributed by atoms with Gasteiger partial charge in [-0.25, -0.2) is 9.97 Å². The normalized spacial score (nSPS) is 10.9. The number of nitrogens with one attached hydrogen (secondary N) is 1. The fourth-order valence-corrected chi connectivity index (χ4v) is 5.52. The number of anilines is 2. The molecule has 0 aliphatic rings. The summed E-state index contributed by atoms with van der Waals surface area (Å²) in [7, 11) is 0. The first kappa shape index (κ1) is 29.7. The molecule has 0 saturated carbocycles. The van der Waals surface area contributed by atoms with Crippen molar-refractivity contribution in [3.63, 3.8) is 0 Å². The molecule has 8 nitrogen and oxygen atoms in total. The number of hydrogen-bond acceptors (Lipinski definition) is 6. The van der Waals surface area contributed by atoms with Gasteiger partial charge in [0.2, 0.25) is 0 Å². The Morgan fingerprint density at radius 2 is 1.05 bits per heavy atom. The van der Waals surface area contributed by atoms with Crippen LogP contribution >= 0.6 is 0 Å². The molecule has 44 heavy (non-hydrogen) atoms. The maximum Gasteiger partial charge on any atom is 2.00 e. The van der Waals surface area contributed by atoms with E-state index in [2.05, 4.69) is 124 Å². The van der Waals surface area contributed by atoms with Gasteiger partial charge in [-0.15, -0.1) is 35.0 Å². The Kier molecular flexibility index (Phi) is 8.87. The third kappa shape index (κ3) is 5.42. The van der Waals surface area contributed by atoms with Crippen molar-refractivity contribution in [3.05, 3.63) is 134 Å². The molecular weight excluding hydrogens is 913 g/mol. The monoisotopic (exact) mass is 935 g/mol. The van der Waals surface area contributed by atoms with E-state index < -0.39 is 0 Å². The first-order chi connectivity index (χ1) is 21.3. The second-order valence-electron chi connectivity index (χ2n) is 9.64. The predicted octanol–water partition coefficient (Wildman–Crippen LogP) is 7.53. The number of fused-ring (bicyclic) bond motifs is 6. The summed E-state index contributed by atoms with van der Waals surface area (Å²) < 4.78 is 7.32. The van der Waals surface area contributed by atoms with Gasteiger partial charge in [0.05, 0.1) is 0 Å². The van der Waals surface area contributed by atoms with Crippen LogP contribution in [0, 0.1) is 12.1 Å². The van der Waals surface area contributed by atoms with E-state index in [1.54, 1.807) is 19.6 Å². The Morgan fingerprint density at radius 3 is 1.45 bits per heavy atom. The first-order valence-electron chi connectivity index (χ1n) is 13.4. The summed E-state index contributed by atoms with van der Waals surface area (Å²) in [6, 6.07) is 44.5. The van der Waals surface area contributed by atoms with Crippen LogP contribution in [0.4, 0.5) is 11.4 Å². The standard InChI is InChI=1S/C34H21N5.H2N2O.2Pt/c1-3-11-29-25(9-1)27-17-15-23(21-31(27)38(29)33-13-5-7-19-35-33)37-24-16-18-28-26-10-2-4-12-30(26)39(32(28)22-24)34-14-6-8-20-36-34;1-3-2;;/h1-20,37H;1H2;;/q-2;;;+2. The number of nitrogens with two attached hydrogens (primary N) is 1. The quantitative estimate of drug-likeness (QED) is 0.138. The van der Waals surface area contributed by atoms with Gasteiger partial charge in [-0.3, -0.25) is 0 Å². The molecular formula is C34H23N7OPt2. The van der Waals surface area contributed by atoms with Crippen LogP contribution in [0.5, 0.6) is 0 Å². The van der Waals surface area contributed by atoms with Crippen molar-refractivity contribution in [2.24, 2.45) is 9.56 Å². The molecule has 0 unspecified atom stereocenters. The minimum atomic E-state index is 0. The zero-order chi connectivity index (χ0) is 29.2. The molecule has 0 spiro atoms. The van der Waals surface area contributed by atoms with Crippen LogP contribution in [0.25, 0.3) is 55.2 Å². The summed E-state index contributed by atoms with van der Waals surface area (Å²) >= 11 is 1.62. The molecule has 0 aliphatic heterocycles. The number of benzene rings is 4. The minimum Gasteiger partial charge on any atom is -0.401 e. The van der Waals surface area contributed by atoms with Crippen molar-refractivity contribution in [1.29, 1.82) is 0 Å². The van der Waals surface area contributed by atoms with Crippen LogP contribution in [-0.2, 0) is 45.6 Å². The number of aromatic nitrogens is 4. The first-order valence-corrected chi connectivity index (χ1v) is 14.4. The van der Waals surface area contributed by atoms with Crippen LogP contribution in [0.15, 0.2) is 125 Å². The summed E-state index contributed by atoms with van der Waals surface area (Å²) in [5, 5.41) is 8.18. The number of rotatable bonds is 5. The Hall–Kier alpha value is -4.32. The molecule has 4 heterocycles. The molecule has 0 aliphatic carbocycles. The topological polar surface area (TPSA) is 95.3 Å². The summed E-state index contributed by atoms with van der Waals surface area (Å²) in [5.41, 5.74) is 5.88. The van der Waals surface area contributed by atoms with Gasteiger partial charge < -0.3 is 14.5 Å². The average Bonchev–Trinajstić information content (AvgIpc) is 3.58. The van der Waals surface area contributed by atoms with Gasteiger partial charge in [0.15, 0.2) is 0 Å². The van der Waals surface area contributed by atoms with Crippen molar-refractivity contribution in [2.75, 3.05) is 5.32 Å². The Bertz CT molecular complexity index is 2080. The molecule has 0 radical (unpaired) electrons. The molecule has 10 heteroatoms. The molecule has 0 saturated heterocycles. The second kappa shape index (κ2) is 13.1. The maximum absolute atomic E-state index is 4.64. The average molecular weight is 936 g/mol. The van der Waals surface area contributed by atoms with Crippen LogP contribution in [-0.4, -0.2) is 19.1 Å². The van der Waals surface area contributed by atoms with E-state index in [1.165, 1.54) is 10.8 Å². The van der Waals surface area contributed by atoms with E-state index in [1.807, 2.05) is 48.8 Å². The van der Waals surface area contributed by atoms with Crippen molar-refractivity contribution in [2.45, 2.75) is 0 Å². The van der Waals surface area contributed by atoms with Gasteiger partial charge in [0, 0.05) is 23.4 Å². The van der Waals surface area contributed by atoms with Gasteiger partial charge >= 0.3 is 55.2 Å². The van der Waals surface area contributed by atoms with Crippen molar-refractivity contribution in [3.8, 4) is 11.6 Å².